The molecule has 0 fully saturated rings. The van der Waals surface area contributed by atoms with Gasteiger partial charge in [0.05, 0.1) is 11.9 Å². The summed E-state index contributed by atoms with van der Waals surface area (Å²) in [5.41, 5.74) is 4.01. The van der Waals surface area contributed by atoms with E-state index >= 15 is 0 Å². The van der Waals surface area contributed by atoms with Crippen molar-refractivity contribution < 1.29 is 18.0 Å². The molecule has 0 aliphatic heterocycles. The van der Waals surface area contributed by atoms with Gasteiger partial charge in [0.15, 0.2) is 0 Å². The first-order valence-corrected chi connectivity index (χ1v) is 13.0. The van der Waals surface area contributed by atoms with Gasteiger partial charge < -0.3 is 10.2 Å². The summed E-state index contributed by atoms with van der Waals surface area (Å²) in [7, 11) is -3.74. The normalized spacial score (nSPS) is 12.2. The quantitative estimate of drug-likeness (QED) is 0.574. The Hall–Kier alpha value is -2.87. The van der Waals surface area contributed by atoms with Gasteiger partial charge in [0.25, 0.3) is 0 Å². The average Bonchev–Trinajstić information content (AvgIpc) is 2.74. The molecule has 0 heterocycles. The van der Waals surface area contributed by atoms with Crippen LogP contribution in [0.2, 0.25) is 0 Å². The van der Waals surface area contributed by atoms with Gasteiger partial charge >= 0.3 is 0 Å². The zero-order chi connectivity index (χ0) is 24.8. The van der Waals surface area contributed by atoms with E-state index < -0.39 is 22.0 Å². The third-order valence-electron chi connectivity index (χ3n) is 5.65. The van der Waals surface area contributed by atoms with E-state index in [9.17, 15) is 18.0 Å². The minimum atomic E-state index is -3.74. The van der Waals surface area contributed by atoms with Crippen molar-refractivity contribution in [2.24, 2.45) is 0 Å². The van der Waals surface area contributed by atoms with Crippen LogP contribution in [0.15, 0.2) is 42.5 Å². The molecule has 0 aliphatic rings. The first kappa shape index (κ1) is 26.4. The largest absolute Gasteiger partial charge is 0.355 e. The van der Waals surface area contributed by atoms with Crippen LogP contribution in [-0.2, 0) is 26.2 Å². The lowest BCUT2D eigenvalue weighted by molar-refractivity contribution is -0.140. The van der Waals surface area contributed by atoms with Crippen LogP contribution in [0.25, 0.3) is 0 Å². The van der Waals surface area contributed by atoms with E-state index in [0.29, 0.717) is 18.7 Å². The van der Waals surface area contributed by atoms with E-state index in [-0.39, 0.29) is 19.0 Å². The van der Waals surface area contributed by atoms with Gasteiger partial charge in [-0.15, -0.1) is 0 Å². The number of benzene rings is 2. The third-order valence-corrected chi connectivity index (χ3v) is 6.78. The number of aryl methyl sites for hydroxylation is 3. The maximum atomic E-state index is 13.6. The lowest BCUT2D eigenvalue weighted by Crippen LogP contribution is -2.52. The molecule has 0 bridgehead atoms. The molecular formula is C25H35N3O4S. The van der Waals surface area contributed by atoms with E-state index in [2.05, 4.69) is 5.32 Å². The molecule has 0 saturated carbocycles. The Balaban J connectivity index is 2.49. The topological polar surface area (TPSA) is 86.8 Å². The van der Waals surface area contributed by atoms with Crippen molar-refractivity contribution in [3.05, 3.63) is 64.7 Å². The molecule has 1 N–H and O–H groups in total. The summed E-state index contributed by atoms with van der Waals surface area (Å²) < 4.78 is 26.6. The number of hydrogen-bond acceptors (Lipinski definition) is 4. The zero-order valence-corrected chi connectivity index (χ0v) is 21.2. The number of nitrogens with zero attached hydrogens (tertiary/aromatic N) is 2. The molecule has 0 unspecified atom stereocenters. The smallest absolute Gasteiger partial charge is 0.244 e. The fourth-order valence-corrected chi connectivity index (χ4v) is 4.66. The zero-order valence-electron chi connectivity index (χ0n) is 20.4. The molecule has 2 aromatic carbocycles. The van der Waals surface area contributed by atoms with Crippen molar-refractivity contribution in [1.82, 2.24) is 10.2 Å². The number of anilines is 1. The van der Waals surface area contributed by atoms with Gasteiger partial charge in [0, 0.05) is 13.1 Å². The highest BCUT2D eigenvalue weighted by Crippen LogP contribution is 2.25. The average molecular weight is 474 g/mol. The number of amides is 2. The second-order valence-corrected chi connectivity index (χ2v) is 10.2. The summed E-state index contributed by atoms with van der Waals surface area (Å²) in [6.45, 7) is 9.57. The predicted molar refractivity (Wildman–Crippen MR) is 133 cm³/mol. The second-order valence-electron chi connectivity index (χ2n) is 8.33. The van der Waals surface area contributed by atoms with Gasteiger partial charge in [-0.05, 0) is 62.4 Å². The molecule has 1 atom stereocenters. The van der Waals surface area contributed by atoms with Crippen LogP contribution in [0, 0.1) is 20.8 Å². The molecular weight excluding hydrogens is 438 g/mol. The fraction of sp³-hybridized carbons (Fsp3) is 0.440. The number of nitrogens with one attached hydrogen (secondary N) is 1. The minimum absolute atomic E-state index is 0.214. The van der Waals surface area contributed by atoms with E-state index in [1.807, 2.05) is 71.0 Å². The number of hydrogen-bond donors (Lipinski definition) is 1. The Morgan fingerprint density at radius 2 is 1.67 bits per heavy atom. The summed E-state index contributed by atoms with van der Waals surface area (Å²) in [5, 5.41) is 2.80. The van der Waals surface area contributed by atoms with Gasteiger partial charge in [-0.1, -0.05) is 43.3 Å². The number of carbonyl (C=O) groups is 2. The van der Waals surface area contributed by atoms with Crippen molar-refractivity contribution in [3.63, 3.8) is 0 Å². The Kier molecular flexibility index (Phi) is 9.05. The summed E-state index contributed by atoms with van der Waals surface area (Å²) in [6.07, 6.45) is 1.50. The van der Waals surface area contributed by atoms with Crippen LogP contribution in [0.1, 0.15) is 42.5 Å². The van der Waals surface area contributed by atoms with Crippen molar-refractivity contribution in [1.29, 1.82) is 0 Å². The first-order chi connectivity index (χ1) is 15.5. The highest BCUT2D eigenvalue weighted by molar-refractivity contribution is 7.92. The Bertz CT molecular complexity index is 1100. The highest BCUT2D eigenvalue weighted by atomic mass is 32.2. The van der Waals surface area contributed by atoms with Crippen LogP contribution in [0.3, 0.4) is 0 Å². The van der Waals surface area contributed by atoms with Gasteiger partial charge in [0.2, 0.25) is 21.8 Å². The van der Waals surface area contributed by atoms with Crippen LogP contribution >= 0.6 is 0 Å². The van der Waals surface area contributed by atoms with Crippen LogP contribution in [0.4, 0.5) is 5.69 Å². The minimum Gasteiger partial charge on any atom is -0.355 e. The van der Waals surface area contributed by atoms with Gasteiger partial charge in [0.1, 0.15) is 12.6 Å². The third kappa shape index (κ3) is 6.81. The Morgan fingerprint density at radius 3 is 2.24 bits per heavy atom. The van der Waals surface area contributed by atoms with E-state index in [1.165, 1.54) is 4.90 Å². The summed E-state index contributed by atoms with van der Waals surface area (Å²) in [6, 6.07) is 12.4. The first-order valence-electron chi connectivity index (χ1n) is 11.2. The molecule has 0 spiro atoms. The molecule has 8 heteroatoms. The van der Waals surface area contributed by atoms with Crippen molar-refractivity contribution >= 4 is 27.5 Å². The van der Waals surface area contributed by atoms with E-state index in [1.54, 1.807) is 6.07 Å². The van der Waals surface area contributed by atoms with Gasteiger partial charge in [-0.25, -0.2) is 8.42 Å². The molecule has 7 nitrogen and oxygen atoms in total. The van der Waals surface area contributed by atoms with Gasteiger partial charge in [-0.3, -0.25) is 13.9 Å². The number of sulfonamides is 1. The number of likely N-dealkylation sites (N-methyl/N-ethyl adjacent to an activating group) is 1. The molecule has 2 amide bonds. The monoisotopic (exact) mass is 473 g/mol. The van der Waals surface area contributed by atoms with E-state index in [4.69, 9.17) is 0 Å². The lowest BCUT2D eigenvalue weighted by Gasteiger charge is -2.33. The molecule has 2 aromatic rings. The molecule has 33 heavy (non-hydrogen) atoms. The van der Waals surface area contributed by atoms with Crippen molar-refractivity contribution in [3.8, 4) is 0 Å². The van der Waals surface area contributed by atoms with E-state index in [0.717, 1.165) is 32.8 Å². The molecule has 0 aromatic heterocycles. The van der Waals surface area contributed by atoms with Crippen molar-refractivity contribution in [2.45, 2.75) is 53.6 Å². The number of carbonyl (C=O) groups excluding carboxylic acids is 2. The Labute approximate surface area is 197 Å². The standard InChI is InChI=1S/C25H35N3O4S/c1-7-22(25(30)26-8-2)27(16-21-12-10-9-11-19(21)4)24(29)17-28(33(6,31)32)23-15-18(3)13-14-20(23)5/h9-15,22H,7-8,16-17H2,1-6H3,(H,26,30)/t22-/m1/s1. The number of rotatable bonds is 10. The molecule has 2 rings (SSSR count). The second kappa shape index (κ2) is 11.3. The SMILES string of the molecule is CCNC(=O)[C@@H](CC)N(Cc1ccccc1C)C(=O)CN(c1cc(C)ccc1C)S(C)(=O)=O. The summed E-state index contributed by atoms with van der Waals surface area (Å²) >= 11 is 0. The fourth-order valence-electron chi connectivity index (χ4n) is 3.77. The van der Waals surface area contributed by atoms with Crippen LogP contribution < -0.4 is 9.62 Å². The molecule has 0 radical (unpaired) electrons. The lowest BCUT2D eigenvalue weighted by atomic mass is 10.1. The highest BCUT2D eigenvalue weighted by Gasteiger charge is 2.32. The van der Waals surface area contributed by atoms with Gasteiger partial charge in [-0.2, -0.15) is 0 Å². The summed E-state index contributed by atoms with van der Waals surface area (Å²) in [5.74, 6) is -0.678. The van der Waals surface area contributed by atoms with Crippen molar-refractivity contribution in [2.75, 3.05) is 23.7 Å². The molecule has 180 valence electrons. The maximum Gasteiger partial charge on any atom is 0.244 e. The predicted octanol–water partition coefficient (Wildman–Crippen LogP) is 3.32. The maximum absolute atomic E-state index is 13.6. The van der Waals surface area contributed by atoms with Crippen LogP contribution in [0.5, 0.6) is 0 Å². The Morgan fingerprint density at radius 1 is 1.00 bits per heavy atom. The van der Waals surface area contributed by atoms with Crippen LogP contribution in [-0.4, -0.2) is 50.5 Å². The molecule has 0 saturated heterocycles. The molecule has 0 aliphatic carbocycles. The summed E-state index contributed by atoms with van der Waals surface area (Å²) in [4.78, 5) is 27.9.